The van der Waals surface area contributed by atoms with Gasteiger partial charge in [0.05, 0.1) is 13.3 Å². The van der Waals surface area contributed by atoms with Crippen molar-refractivity contribution in [3.05, 3.63) is 47.3 Å². The molecular weight excluding hydrogens is 254 g/mol. The Balaban J connectivity index is 2.02. The molecule has 0 aliphatic heterocycles. The highest BCUT2D eigenvalue weighted by Crippen LogP contribution is 2.13. The second kappa shape index (κ2) is 6.23. The van der Waals surface area contributed by atoms with E-state index in [0.717, 1.165) is 17.8 Å². The zero-order valence-electron chi connectivity index (χ0n) is 12.0. The van der Waals surface area contributed by atoms with Gasteiger partial charge in [-0.2, -0.15) is 5.10 Å². The fourth-order valence-corrected chi connectivity index (χ4v) is 2.02. The zero-order chi connectivity index (χ0) is 14.5. The summed E-state index contributed by atoms with van der Waals surface area (Å²) < 4.78 is 7.02. The Morgan fingerprint density at radius 2 is 2.25 bits per heavy atom. The first kappa shape index (κ1) is 14.1. The molecule has 0 fully saturated rings. The van der Waals surface area contributed by atoms with Crippen LogP contribution in [0.1, 0.15) is 28.5 Å². The van der Waals surface area contributed by atoms with E-state index < -0.39 is 0 Å². The van der Waals surface area contributed by atoms with Gasteiger partial charge in [0.15, 0.2) is 0 Å². The summed E-state index contributed by atoms with van der Waals surface area (Å²) in [5.74, 6) is 0.556. The molecule has 0 saturated heterocycles. The number of nitrogens with one attached hydrogen (secondary N) is 1. The Morgan fingerprint density at radius 1 is 1.45 bits per heavy atom. The SMILES string of the molecule is CCn1ncc(CNC(=O)c2cccc(OC)c2)c1C. The molecule has 1 aromatic carbocycles. The Hall–Kier alpha value is -2.30. The molecule has 0 saturated carbocycles. The third-order valence-corrected chi connectivity index (χ3v) is 3.28. The molecule has 1 amide bonds. The van der Waals surface area contributed by atoms with Gasteiger partial charge in [-0.1, -0.05) is 6.07 Å². The van der Waals surface area contributed by atoms with Crippen molar-refractivity contribution in [2.75, 3.05) is 7.11 Å². The van der Waals surface area contributed by atoms with E-state index in [-0.39, 0.29) is 5.91 Å². The van der Waals surface area contributed by atoms with Crippen LogP contribution < -0.4 is 10.1 Å². The lowest BCUT2D eigenvalue weighted by atomic mass is 10.2. The van der Waals surface area contributed by atoms with Gasteiger partial charge in [0, 0.05) is 29.9 Å². The first-order valence-electron chi connectivity index (χ1n) is 6.59. The molecule has 0 aliphatic rings. The van der Waals surface area contributed by atoms with Crippen molar-refractivity contribution in [1.82, 2.24) is 15.1 Å². The third kappa shape index (κ3) is 2.99. The number of rotatable bonds is 5. The monoisotopic (exact) mass is 273 g/mol. The average Bonchev–Trinajstić information content (AvgIpc) is 2.85. The third-order valence-electron chi connectivity index (χ3n) is 3.28. The van der Waals surface area contributed by atoms with Crippen molar-refractivity contribution in [3.63, 3.8) is 0 Å². The summed E-state index contributed by atoms with van der Waals surface area (Å²) in [6, 6.07) is 7.10. The average molecular weight is 273 g/mol. The summed E-state index contributed by atoms with van der Waals surface area (Å²) in [6.07, 6.45) is 1.80. The molecule has 0 atom stereocenters. The number of benzene rings is 1. The minimum absolute atomic E-state index is 0.118. The van der Waals surface area contributed by atoms with Crippen LogP contribution in [0.3, 0.4) is 0 Å². The molecule has 5 nitrogen and oxygen atoms in total. The van der Waals surface area contributed by atoms with E-state index in [4.69, 9.17) is 4.74 Å². The summed E-state index contributed by atoms with van der Waals surface area (Å²) in [7, 11) is 1.58. The number of hydrogen-bond acceptors (Lipinski definition) is 3. The van der Waals surface area contributed by atoms with E-state index in [2.05, 4.69) is 10.4 Å². The molecule has 2 aromatic rings. The summed E-state index contributed by atoms with van der Waals surface area (Å²) in [5, 5.41) is 7.15. The number of ether oxygens (including phenoxy) is 1. The van der Waals surface area contributed by atoms with Gasteiger partial charge >= 0.3 is 0 Å². The van der Waals surface area contributed by atoms with Gasteiger partial charge < -0.3 is 10.1 Å². The molecule has 0 aliphatic carbocycles. The fraction of sp³-hybridized carbons (Fsp3) is 0.333. The van der Waals surface area contributed by atoms with Crippen molar-refractivity contribution < 1.29 is 9.53 Å². The molecule has 1 aromatic heterocycles. The van der Waals surface area contributed by atoms with Crippen LogP contribution in [0, 0.1) is 6.92 Å². The molecule has 1 N–H and O–H groups in total. The normalized spacial score (nSPS) is 10.3. The maximum absolute atomic E-state index is 12.1. The summed E-state index contributed by atoms with van der Waals surface area (Å²) >= 11 is 0. The maximum Gasteiger partial charge on any atom is 0.251 e. The lowest BCUT2D eigenvalue weighted by Crippen LogP contribution is -2.23. The first-order chi connectivity index (χ1) is 9.65. The molecule has 106 valence electrons. The summed E-state index contributed by atoms with van der Waals surface area (Å²) in [5.41, 5.74) is 2.70. The zero-order valence-corrected chi connectivity index (χ0v) is 12.0. The second-order valence-electron chi connectivity index (χ2n) is 4.49. The molecule has 2 rings (SSSR count). The van der Waals surface area contributed by atoms with E-state index in [1.165, 1.54) is 0 Å². The largest absolute Gasteiger partial charge is 0.497 e. The second-order valence-corrected chi connectivity index (χ2v) is 4.49. The number of aromatic nitrogens is 2. The number of aryl methyl sites for hydroxylation is 1. The van der Waals surface area contributed by atoms with E-state index >= 15 is 0 Å². The topological polar surface area (TPSA) is 56.2 Å². The van der Waals surface area contributed by atoms with Crippen molar-refractivity contribution >= 4 is 5.91 Å². The predicted octanol–water partition coefficient (Wildman–Crippen LogP) is 2.15. The highest BCUT2D eigenvalue weighted by atomic mass is 16.5. The molecule has 0 unspecified atom stereocenters. The van der Waals surface area contributed by atoms with E-state index in [0.29, 0.717) is 17.9 Å². The minimum Gasteiger partial charge on any atom is -0.497 e. The fourth-order valence-electron chi connectivity index (χ4n) is 2.02. The minimum atomic E-state index is -0.118. The highest BCUT2D eigenvalue weighted by molar-refractivity contribution is 5.94. The number of amides is 1. The number of hydrogen-bond donors (Lipinski definition) is 1. The van der Waals surface area contributed by atoms with Crippen LogP contribution in [0.4, 0.5) is 0 Å². The Labute approximate surface area is 118 Å². The van der Waals surface area contributed by atoms with Crippen LogP contribution in [0.15, 0.2) is 30.5 Å². The molecule has 0 spiro atoms. The molecular formula is C15H19N3O2. The summed E-state index contributed by atoms with van der Waals surface area (Å²) in [6.45, 7) is 5.35. The van der Waals surface area contributed by atoms with Gasteiger partial charge in [-0.15, -0.1) is 0 Å². The summed E-state index contributed by atoms with van der Waals surface area (Å²) in [4.78, 5) is 12.1. The van der Waals surface area contributed by atoms with Crippen LogP contribution in [-0.2, 0) is 13.1 Å². The lowest BCUT2D eigenvalue weighted by Gasteiger charge is -2.07. The van der Waals surface area contributed by atoms with Crippen molar-refractivity contribution in [1.29, 1.82) is 0 Å². The van der Waals surface area contributed by atoms with Crippen LogP contribution in [-0.4, -0.2) is 22.8 Å². The Bertz CT molecular complexity index is 605. The first-order valence-corrected chi connectivity index (χ1v) is 6.59. The van der Waals surface area contributed by atoms with Crippen molar-refractivity contribution in [2.45, 2.75) is 26.9 Å². The van der Waals surface area contributed by atoms with Gasteiger partial charge in [0.25, 0.3) is 5.91 Å². The number of nitrogens with zero attached hydrogens (tertiary/aromatic N) is 2. The molecule has 1 heterocycles. The maximum atomic E-state index is 12.1. The van der Waals surface area contributed by atoms with E-state index in [1.807, 2.05) is 24.6 Å². The van der Waals surface area contributed by atoms with Gasteiger partial charge in [0.2, 0.25) is 0 Å². The lowest BCUT2D eigenvalue weighted by molar-refractivity contribution is 0.0950. The smallest absolute Gasteiger partial charge is 0.251 e. The molecule has 5 heteroatoms. The quantitative estimate of drug-likeness (QED) is 0.908. The van der Waals surface area contributed by atoms with Gasteiger partial charge in [-0.25, -0.2) is 0 Å². The molecule has 20 heavy (non-hydrogen) atoms. The van der Waals surface area contributed by atoms with Gasteiger partial charge in [0.1, 0.15) is 5.75 Å². The number of methoxy groups -OCH3 is 1. The van der Waals surface area contributed by atoms with Crippen molar-refractivity contribution in [3.8, 4) is 5.75 Å². The molecule has 0 bridgehead atoms. The van der Waals surface area contributed by atoms with Gasteiger partial charge in [-0.3, -0.25) is 9.48 Å². The van der Waals surface area contributed by atoms with Crippen molar-refractivity contribution in [2.24, 2.45) is 0 Å². The predicted molar refractivity (Wildman–Crippen MR) is 76.8 cm³/mol. The number of carbonyl (C=O) groups excluding carboxylic acids is 1. The Kier molecular flexibility index (Phi) is 4.40. The highest BCUT2D eigenvalue weighted by Gasteiger charge is 2.09. The van der Waals surface area contributed by atoms with E-state index in [9.17, 15) is 4.79 Å². The van der Waals surface area contributed by atoms with Crippen LogP contribution in [0.5, 0.6) is 5.75 Å². The van der Waals surface area contributed by atoms with E-state index in [1.54, 1.807) is 31.5 Å². The number of carbonyl (C=O) groups is 1. The van der Waals surface area contributed by atoms with Crippen LogP contribution >= 0.6 is 0 Å². The molecule has 0 radical (unpaired) electrons. The van der Waals surface area contributed by atoms with Crippen LogP contribution in [0.2, 0.25) is 0 Å². The van der Waals surface area contributed by atoms with Crippen LogP contribution in [0.25, 0.3) is 0 Å². The Morgan fingerprint density at radius 3 is 2.90 bits per heavy atom. The standard InChI is InChI=1S/C15H19N3O2/c1-4-18-11(2)13(10-17-18)9-16-15(19)12-6-5-7-14(8-12)20-3/h5-8,10H,4,9H2,1-3H3,(H,16,19). The van der Waals surface area contributed by atoms with Gasteiger partial charge in [-0.05, 0) is 32.0 Å².